The fraction of sp³-hybridized carbons (Fsp3) is 0. The summed E-state index contributed by atoms with van der Waals surface area (Å²) in [5.74, 6) is 0.413. The molecule has 0 saturated heterocycles. The summed E-state index contributed by atoms with van der Waals surface area (Å²) in [6.07, 6.45) is 4.94. The summed E-state index contributed by atoms with van der Waals surface area (Å²) >= 11 is 0. The molecule has 0 radical (unpaired) electrons. The lowest BCUT2D eigenvalue weighted by molar-refractivity contribution is 0.960. The number of nitrogens with zero attached hydrogens (tertiary/aromatic N) is 4. The van der Waals surface area contributed by atoms with Crippen molar-refractivity contribution in [1.29, 1.82) is 0 Å². The molecule has 3 rings (SSSR count). The van der Waals surface area contributed by atoms with Crippen LogP contribution < -0.4 is 5.73 Å². The lowest BCUT2D eigenvalue weighted by Crippen LogP contribution is -1.97. The first-order valence-corrected chi connectivity index (χ1v) is 4.85. The zero-order valence-corrected chi connectivity index (χ0v) is 8.41. The zero-order chi connectivity index (χ0) is 11.0. The van der Waals surface area contributed by atoms with E-state index in [0.29, 0.717) is 5.82 Å². The molecule has 3 aromatic rings. The third-order valence-electron chi connectivity index (χ3n) is 2.36. The molecular formula is C11H9N5. The van der Waals surface area contributed by atoms with Crippen molar-refractivity contribution in [3.8, 4) is 11.4 Å². The Bertz CT molecular complexity index is 626. The molecule has 0 aromatic carbocycles. The van der Waals surface area contributed by atoms with Crippen LogP contribution in [0.2, 0.25) is 0 Å². The highest BCUT2D eigenvalue weighted by Crippen LogP contribution is 2.17. The zero-order valence-electron chi connectivity index (χ0n) is 8.41. The van der Waals surface area contributed by atoms with Crippen molar-refractivity contribution in [2.24, 2.45) is 0 Å². The summed E-state index contributed by atoms with van der Waals surface area (Å²) < 4.78 is 1.82. The van der Waals surface area contributed by atoms with Gasteiger partial charge in [-0.15, -0.1) is 0 Å². The van der Waals surface area contributed by atoms with Gasteiger partial charge in [0.1, 0.15) is 11.5 Å². The van der Waals surface area contributed by atoms with E-state index in [2.05, 4.69) is 15.1 Å². The minimum Gasteiger partial charge on any atom is -0.382 e. The average Bonchev–Trinajstić information content (AvgIpc) is 2.78. The summed E-state index contributed by atoms with van der Waals surface area (Å²) in [4.78, 5) is 8.25. The van der Waals surface area contributed by atoms with Crippen LogP contribution in [-0.2, 0) is 0 Å². The van der Waals surface area contributed by atoms with E-state index in [4.69, 9.17) is 5.73 Å². The van der Waals surface area contributed by atoms with Crippen molar-refractivity contribution in [3.05, 3.63) is 42.9 Å². The number of nitrogens with two attached hydrogens (primary N) is 1. The SMILES string of the molecule is Nc1cnc(-c2cccc3ccnn23)cn1. The minimum atomic E-state index is 0.413. The van der Waals surface area contributed by atoms with Crippen LogP contribution in [0.15, 0.2) is 42.9 Å². The highest BCUT2D eigenvalue weighted by Gasteiger charge is 2.05. The van der Waals surface area contributed by atoms with Crippen molar-refractivity contribution in [2.45, 2.75) is 0 Å². The van der Waals surface area contributed by atoms with Crippen LogP contribution in [0, 0.1) is 0 Å². The van der Waals surface area contributed by atoms with Gasteiger partial charge in [-0.3, -0.25) is 0 Å². The van der Waals surface area contributed by atoms with Gasteiger partial charge in [0.2, 0.25) is 0 Å². The summed E-state index contributed by atoms with van der Waals surface area (Å²) in [5, 5.41) is 4.24. The van der Waals surface area contributed by atoms with Crippen LogP contribution in [-0.4, -0.2) is 19.6 Å². The Morgan fingerprint density at radius 3 is 2.81 bits per heavy atom. The molecule has 0 aliphatic rings. The van der Waals surface area contributed by atoms with E-state index < -0.39 is 0 Å². The average molecular weight is 211 g/mol. The third kappa shape index (κ3) is 1.30. The predicted octanol–water partition coefficient (Wildman–Crippen LogP) is 1.37. The molecule has 16 heavy (non-hydrogen) atoms. The van der Waals surface area contributed by atoms with Gasteiger partial charge in [0.15, 0.2) is 0 Å². The number of nitrogen functional groups attached to an aromatic ring is 1. The molecule has 0 fully saturated rings. The van der Waals surface area contributed by atoms with E-state index in [0.717, 1.165) is 16.9 Å². The van der Waals surface area contributed by atoms with Crippen molar-refractivity contribution < 1.29 is 0 Å². The maximum absolute atomic E-state index is 5.50. The predicted molar refractivity (Wildman–Crippen MR) is 60.6 cm³/mol. The van der Waals surface area contributed by atoms with Crippen LogP contribution in [0.25, 0.3) is 16.9 Å². The molecule has 0 unspecified atom stereocenters. The highest BCUT2D eigenvalue weighted by molar-refractivity contribution is 5.60. The summed E-state index contributed by atoms with van der Waals surface area (Å²) in [6.45, 7) is 0. The van der Waals surface area contributed by atoms with Crippen LogP contribution >= 0.6 is 0 Å². The van der Waals surface area contributed by atoms with Crippen molar-refractivity contribution in [2.75, 3.05) is 5.73 Å². The first-order valence-electron chi connectivity index (χ1n) is 4.85. The maximum atomic E-state index is 5.50. The first kappa shape index (κ1) is 8.84. The second-order valence-corrected chi connectivity index (χ2v) is 3.41. The molecule has 0 amide bonds. The molecule has 0 saturated carbocycles. The van der Waals surface area contributed by atoms with Crippen molar-refractivity contribution >= 4 is 11.3 Å². The first-order chi connectivity index (χ1) is 7.84. The number of rotatable bonds is 1. The molecule has 0 aliphatic heterocycles. The van der Waals surface area contributed by atoms with Crippen LogP contribution in [0.4, 0.5) is 5.82 Å². The number of pyridine rings is 1. The Morgan fingerprint density at radius 1 is 1.06 bits per heavy atom. The molecule has 0 atom stereocenters. The van der Waals surface area contributed by atoms with Gasteiger partial charge in [-0.05, 0) is 18.2 Å². The lowest BCUT2D eigenvalue weighted by Gasteiger charge is -2.03. The monoisotopic (exact) mass is 211 g/mol. The Morgan fingerprint density at radius 2 is 2.00 bits per heavy atom. The van der Waals surface area contributed by atoms with Gasteiger partial charge >= 0.3 is 0 Å². The lowest BCUT2D eigenvalue weighted by atomic mass is 10.2. The number of fused-ring (bicyclic) bond motifs is 1. The number of anilines is 1. The quantitative estimate of drug-likeness (QED) is 0.660. The minimum absolute atomic E-state index is 0.413. The van der Waals surface area contributed by atoms with E-state index in [1.54, 1.807) is 12.4 Å². The van der Waals surface area contributed by atoms with E-state index in [1.807, 2.05) is 28.8 Å². The number of aromatic nitrogens is 4. The molecule has 5 heteroatoms. The number of hydrogen-bond donors (Lipinski definition) is 1. The van der Waals surface area contributed by atoms with E-state index in [-0.39, 0.29) is 0 Å². The molecular weight excluding hydrogens is 202 g/mol. The standard InChI is InChI=1S/C11H9N5/c12-11-7-13-9(6-14-11)10-3-1-2-8-4-5-15-16(8)10/h1-7H,(H2,12,14). The van der Waals surface area contributed by atoms with E-state index in [9.17, 15) is 0 Å². The molecule has 2 N–H and O–H groups in total. The second kappa shape index (κ2) is 3.30. The Balaban J connectivity index is 2.25. The van der Waals surface area contributed by atoms with Crippen LogP contribution in [0.5, 0.6) is 0 Å². The van der Waals surface area contributed by atoms with Crippen LogP contribution in [0.1, 0.15) is 0 Å². The molecule has 0 bridgehead atoms. The van der Waals surface area contributed by atoms with Gasteiger partial charge in [0, 0.05) is 0 Å². The van der Waals surface area contributed by atoms with Crippen molar-refractivity contribution in [1.82, 2.24) is 19.6 Å². The third-order valence-corrected chi connectivity index (χ3v) is 2.36. The highest BCUT2D eigenvalue weighted by atomic mass is 15.2. The summed E-state index contributed by atoms with van der Waals surface area (Å²) in [6, 6.07) is 7.83. The molecule has 0 aliphatic carbocycles. The smallest absolute Gasteiger partial charge is 0.141 e. The Kier molecular flexibility index (Phi) is 1.83. The van der Waals surface area contributed by atoms with E-state index in [1.165, 1.54) is 6.20 Å². The van der Waals surface area contributed by atoms with Gasteiger partial charge in [0.25, 0.3) is 0 Å². The largest absolute Gasteiger partial charge is 0.382 e. The van der Waals surface area contributed by atoms with Crippen molar-refractivity contribution in [3.63, 3.8) is 0 Å². The molecule has 5 nitrogen and oxygen atoms in total. The molecule has 78 valence electrons. The summed E-state index contributed by atoms with van der Waals surface area (Å²) in [5.41, 5.74) is 8.18. The fourth-order valence-electron chi connectivity index (χ4n) is 1.61. The number of hydrogen-bond acceptors (Lipinski definition) is 4. The molecule has 0 spiro atoms. The second-order valence-electron chi connectivity index (χ2n) is 3.41. The van der Waals surface area contributed by atoms with Gasteiger partial charge in [0.05, 0.1) is 29.8 Å². The normalized spacial score (nSPS) is 10.8. The summed E-state index contributed by atoms with van der Waals surface area (Å²) in [7, 11) is 0. The van der Waals surface area contributed by atoms with E-state index >= 15 is 0 Å². The van der Waals surface area contributed by atoms with Crippen LogP contribution in [0.3, 0.4) is 0 Å². The maximum Gasteiger partial charge on any atom is 0.141 e. The Labute approximate surface area is 91.6 Å². The molecule has 3 heterocycles. The van der Waals surface area contributed by atoms with Gasteiger partial charge in [-0.25, -0.2) is 14.5 Å². The Hall–Kier alpha value is -2.43. The van der Waals surface area contributed by atoms with Gasteiger partial charge in [-0.2, -0.15) is 5.10 Å². The van der Waals surface area contributed by atoms with Gasteiger partial charge < -0.3 is 5.73 Å². The van der Waals surface area contributed by atoms with Gasteiger partial charge in [-0.1, -0.05) is 6.07 Å². The topological polar surface area (TPSA) is 69.1 Å². The fourth-order valence-corrected chi connectivity index (χ4v) is 1.61. The molecule has 3 aromatic heterocycles.